The molecule has 0 radical (unpaired) electrons. The van der Waals surface area contributed by atoms with E-state index in [9.17, 15) is 9.59 Å². The van der Waals surface area contributed by atoms with Gasteiger partial charge in [0, 0.05) is 30.5 Å². The fraction of sp³-hybridized carbons (Fsp3) is 0.476. The van der Waals surface area contributed by atoms with Crippen LogP contribution in [0.2, 0.25) is 0 Å². The van der Waals surface area contributed by atoms with E-state index < -0.39 is 12.1 Å². The van der Waals surface area contributed by atoms with Crippen molar-refractivity contribution in [3.05, 3.63) is 40.2 Å². The number of ether oxygens (including phenoxy) is 1. The van der Waals surface area contributed by atoms with E-state index >= 15 is 0 Å². The van der Waals surface area contributed by atoms with E-state index in [1.54, 1.807) is 19.1 Å². The molecule has 2 heterocycles. The van der Waals surface area contributed by atoms with Gasteiger partial charge in [-0.15, -0.1) is 0 Å². The molecule has 1 atom stereocenters. The Labute approximate surface area is 169 Å². The van der Waals surface area contributed by atoms with Crippen LogP contribution in [0.25, 0.3) is 11.0 Å². The van der Waals surface area contributed by atoms with Crippen molar-refractivity contribution in [3.63, 3.8) is 0 Å². The summed E-state index contributed by atoms with van der Waals surface area (Å²) < 4.78 is 11.0. The van der Waals surface area contributed by atoms with Crippen LogP contribution in [0.5, 0.6) is 5.75 Å². The maximum atomic E-state index is 12.3. The summed E-state index contributed by atoms with van der Waals surface area (Å²) in [6.07, 6.45) is 1.99. The van der Waals surface area contributed by atoms with Crippen molar-refractivity contribution >= 4 is 22.8 Å². The van der Waals surface area contributed by atoms with Crippen LogP contribution < -0.4 is 21.0 Å². The molecular weight excluding hydrogens is 376 g/mol. The second-order valence-corrected chi connectivity index (χ2v) is 6.91. The third-order valence-corrected chi connectivity index (χ3v) is 4.55. The zero-order chi connectivity index (χ0) is 21.4. The number of fused-ring (bicyclic) bond motifs is 1. The number of aliphatic carboxylic acids is 1. The van der Waals surface area contributed by atoms with Crippen LogP contribution in [0.15, 0.2) is 33.5 Å². The molecule has 1 fully saturated rings. The first kappa shape index (κ1) is 22.4. The number of amides is 1. The molecule has 1 aromatic heterocycles. The molecule has 1 unspecified atom stereocenters. The highest BCUT2D eigenvalue weighted by Gasteiger charge is 2.20. The smallest absolute Gasteiger partial charge is 0.336 e. The fourth-order valence-electron chi connectivity index (χ4n) is 3.12. The molecule has 0 spiro atoms. The second kappa shape index (κ2) is 10.6. The lowest BCUT2D eigenvalue weighted by Gasteiger charge is -2.25. The highest BCUT2D eigenvalue weighted by molar-refractivity contribution is 5.83. The number of carboxylic acids is 1. The van der Waals surface area contributed by atoms with Gasteiger partial charge in [-0.3, -0.25) is 9.59 Å². The second-order valence-electron chi connectivity index (χ2n) is 6.91. The van der Waals surface area contributed by atoms with E-state index in [2.05, 4.69) is 10.6 Å². The number of piperidine rings is 1. The Hall–Kier alpha value is -2.87. The zero-order valence-electron chi connectivity index (χ0n) is 17.0. The third kappa shape index (κ3) is 6.90. The fourth-order valence-corrected chi connectivity index (χ4v) is 3.12. The summed E-state index contributed by atoms with van der Waals surface area (Å²) in [5.74, 6) is -0.451. The molecule has 0 bridgehead atoms. The van der Waals surface area contributed by atoms with Gasteiger partial charge in [-0.2, -0.15) is 0 Å². The molecule has 1 saturated heterocycles. The minimum absolute atomic E-state index is 0.129. The van der Waals surface area contributed by atoms with Crippen LogP contribution in [0.3, 0.4) is 0 Å². The van der Waals surface area contributed by atoms with Gasteiger partial charge in [-0.1, -0.05) is 6.92 Å². The number of aryl methyl sites for hydroxylation is 1. The Kier molecular flexibility index (Phi) is 8.21. The summed E-state index contributed by atoms with van der Waals surface area (Å²) >= 11 is 0. The van der Waals surface area contributed by atoms with Crippen molar-refractivity contribution in [2.75, 3.05) is 13.1 Å². The number of benzene rings is 1. The standard InChI is InChI=1S/C19H24N2O4.C2H4O2/c1-3-13-10-18(22)25-17-11-15(4-5-16(13)17)24-12(2)19(23)21-14-6-8-20-9-7-14;1-2(3)4/h4-5,10-12,14,20H,3,6-9H2,1-2H3,(H,21,23);1H3,(H,3,4). The van der Waals surface area contributed by atoms with Crippen molar-refractivity contribution in [1.82, 2.24) is 10.6 Å². The molecule has 2 aromatic rings. The van der Waals surface area contributed by atoms with Gasteiger partial charge in [0.2, 0.25) is 0 Å². The number of rotatable bonds is 5. The van der Waals surface area contributed by atoms with Crippen LogP contribution in [0, 0.1) is 0 Å². The van der Waals surface area contributed by atoms with Crippen molar-refractivity contribution < 1.29 is 23.8 Å². The summed E-state index contributed by atoms with van der Waals surface area (Å²) in [6.45, 7) is 6.64. The van der Waals surface area contributed by atoms with Gasteiger partial charge >= 0.3 is 5.63 Å². The molecule has 1 aliphatic rings. The van der Waals surface area contributed by atoms with Gasteiger partial charge in [0.1, 0.15) is 11.3 Å². The Morgan fingerprint density at radius 2 is 1.97 bits per heavy atom. The average Bonchev–Trinajstić information content (AvgIpc) is 2.67. The van der Waals surface area contributed by atoms with Crippen LogP contribution in [-0.2, 0) is 16.0 Å². The molecular formula is C21H28N2O6. The van der Waals surface area contributed by atoms with Crippen molar-refractivity contribution in [2.45, 2.75) is 52.2 Å². The number of carbonyl (C=O) groups excluding carboxylic acids is 1. The average molecular weight is 404 g/mol. The first-order valence-corrected chi connectivity index (χ1v) is 9.74. The molecule has 1 aromatic carbocycles. The van der Waals surface area contributed by atoms with Crippen LogP contribution in [-0.4, -0.2) is 42.2 Å². The Balaban J connectivity index is 0.000000687. The molecule has 8 heteroatoms. The van der Waals surface area contributed by atoms with Gasteiger partial charge in [0.05, 0.1) is 0 Å². The Morgan fingerprint density at radius 3 is 2.59 bits per heavy atom. The lowest BCUT2D eigenvalue weighted by atomic mass is 10.1. The van der Waals surface area contributed by atoms with E-state index in [-0.39, 0.29) is 17.6 Å². The van der Waals surface area contributed by atoms with E-state index in [1.165, 1.54) is 6.07 Å². The summed E-state index contributed by atoms with van der Waals surface area (Å²) in [5.41, 5.74) is 1.04. The number of carboxylic acid groups (broad SMARTS) is 1. The maximum absolute atomic E-state index is 12.3. The first-order valence-electron chi connectivity index (χ1n) is 9.74. The molecule has 0 saturated carbocycles. The highest BCUT2D eigenvalue weighted by atomic mass is 16.5. The summed E-state index contributed by atoms with van der Waals surface area (Å²) in [5, 5.41) is 14.6. The van der Waals surface area contributed by atoms with Crippen molar-refractivity contribution in [1.29, 1.82) is 0 Å². The number of carbonyl (C=O) groups is 2. The molecule has 1 amide bonds. The normalized spacial score (nSPS) is 15.1. The summed E-state index contributed by atoms with van der Waals surface area (Å²) in [6, 6.07) is 7.04. The minimum atomic E-state index is -0.833. The lowest BCUT2D eigenvalue weighted by molar-refractivity contribution is -0.134. The zero-order valence-corrected chi connectivity index (χ0v) is 17.0. The Morgan fingerprint density at radius 1 is 1.31 bits per heavy atom. The molecule has 8 nitrogen and oxygen atoms in total. The van der Waals surface area contributed by atoms with Crippen LogP contribution >= 0.6 is 0 Å². The largest absolute Gasteiger partial charge is 0.481 e. The topological polar surface area (TPSA) is 118 Å². The number of hydrogen-bond donors (Lipinski definition) is 3. The van der Waals surface area contributed by atoms with E-state index in [0.29, 0.717) is 11.3 Å². The monoisotopic (exact) mass is 404 g/mol. The first-order chi connectivity index (χ1) is 13.8. The van der Waals surface area contributed by atoms with Crippen LogP contribution in [0.1, 0.15) is 39.2 Å². The maximum Gasteiger partial charge on any atom is 0.336 e. The summed E-state index contributed by atoms with van der Waals surface area (Å²) in [7, 11) is 0. The molecule has 3 rings (SSSR count). The predicted octanol–water partition coefficient (Wildman–Crippen LogP) is 2.08. The SMILES string of the molecule is CC(=O)O.CCc1cc(=O)oc2cc(OC(C)C(=O)NC3CCNCC3)ccc12. The van der Waals surface area contributed by atoms with Crippen LogP contribution in [0.4, 0.5) is 0 Å². The molecule has 29 heavy (non-hydrogen) atoms. The molecule has 1 aliphatic heterocycles. The number of hydrogen-bond acceptors (Lipinski definition) is 6. The summed E-state index contributed by atoms with van der Waals surface area (Å²) in [4.78, 5) is 33.0. The molecule has 3 N–H and O–H groups in total. The quantitative estimate of drug-likeness (QED) is 0.653. The van der Waals surface area contributed by atoms with E-state index in [1.807, 2.05) is 13.0 Å². The molecule has 158 valence electrons. The predicted molar refractivity (Wildman–Crippen MR) is 109 cm³/mol. The van der Waals surface area contributed by atoms with Gasteiger partial charge < -0.3 is 24.9 Å². The third-order valence-electron chi connectivity index (χ3n) is 4.55. The van der Waals surface area contributed by atoms with Gasteiger partial charge in [0.15, 0.2) is 6.10 Å². The van der Waals surface area contributed by atoms with Crippen molar-refractivity contribution in [2.24, 2.45) is 0 Å². The number of nitrogens with one attached hydrogen (secondary N) is 2. The highest BCUT2D eigenvalue weighted by Crippen LogP contribution is 2.23. The van der Waals surface area contributed by atoms with Gasteiger partial charge in [0.25, 0.3) is 11.9 Å². The lowest BCUT2D eigenvalue weighted by Crippen LogP contribution is -2.46. The minimum Gasteiger partial charge on any atom is -0.481 e. The van der Waals surface area contributed by atoms with Crippen molar-refractivity contribution in [3.8, 4) is 5.75 Å². The van der Waals surface area contributed by atoms with Gasteiger partial charge in [-0.05, 0) is 57.0 Å². The van der Waals surface area contributed by atoms with E-state index in [4.69, 9.17) is 19.1 Å². The van der Waals surface area contributed by atoms with Gasteiger partial charge in [-0.25, -0.2) is 4.79 Å². The Bertz CT molecular complexity index is 898. The molecule has 0 aliphatic carbocycles. The van der Waals surface area contributed by atoms with E-state index in [0.717, 1.165) is 50.2 Å².